The van der Waals surface area contributed by atoms with Gasteiger partial charge in [-0.3, -0.25) is 4.79 Å². The Morgan fingerprint density at radius 2 is 1.81 bits per heavy atom. The molecular formula is C21H30N2O3S. The van der Waals surface area contributed by atoms with E-state index in [1.165, 1.54) is 18.4 Å². The summed E-state index contributed by atoms with van der Waals surface area (Å²) in [5, 5.41) is 2.96. The van der Waals surface area contributed by atoms with Crippen molar-refractivity contribution < 1.29 is 13.2 Å². The first-order valence-electron chi connectivity index (χ1n) is 10.1. The second-order valence-electron chi connectivity index (χ2n) is 7.59. The van der Waals surface area contributed by atoms with Gasteiger partial charge >= 0.3 is 0 Å². The molecule has 1 aliphatic heterocycles. The van der Waals surface area contributed by atoms with Crippen molar-refractivity contribution in [3.63, 3.8) is 0 Å². The first kappa shape index (κ1) is 20.1. The fraction of sp³-hybridized carbons (Fsp3) is 0.571. The van der Waals surface area contributed by atoms with Crippen LogP contribution in [0.25, 0.3) is 0 Å². The minimum Gasteiger partial charge on any atom is -0.348 e. The van der Waals surface area contributed by atoms with Crippen molar-refractivity contribution in [1.82, 2.24) is 9.62 Å². The molecule has 1 N–H and O–H groups in total. The minimum absolute atomic E-state index is 0.202. The SMILES string of the molecule is Cc1ccc(S(=O)(=O)N2CCCCCC2)cc1C(=O)NCC1=CCCCC1. The van der Waals surface area contributed by atoms with E-state index in [-0.39, 0.29) is 10.8 Å². The molecule has 1 heterocycles. The van der Waals surface area contributed by atoms with Crippen LogP contribution in [0.2, 0.25) is 0 Å². The molecule has 0 unspecified atom stereocenters. The topological polar surface area (TPSA) is 66.5 Å². The Morgan fingerprint density at radius 3 is 2.48 bits per heavy atom. The molecule has 1 aromatic rings. The fourth-order valence-electron chi connectivity index (χ4n) is 3.79. The van der Waals surface area contributed by atoms with Gasteiger partial charge in [0.15, 0.2) is 0 Å². The monoisotopic (exact) mass is 390 g/mol. The maximum absolute atomic E-state index is 13.0. The molecule has 1 saturated heterocycles. The summed E-state index contributed by atoms with van der Waals surface area (Å²) in [6.45, 7) is 3.51. The molecule has 6 heteroatoms. The molecule has 27 heavy (non-hydrogen) atoms. The highest BCUT2D eigenvalue weighted by Gasteiger charge is 2.26. The molecule has 1 amide bonds. The third-order valence-corrected chi connectivity index (χ3v) is 7.41. The summed E-state index contributed by atoms with van der Waals surface area (Å²) in [5.41, 5.74) is 2.50. The third kappa shape index (κ3) is 4.99. The number of nitrogens with zero attached hydrogens (tertiary/aromatic N) is 1. The molecule has 148 valence electrons. The number of allylic oxidation sites excluding steroid dienone is 1. The second kappa shape index (κ2) is 9.02. The van der Waals surface area contributed by atoms with E-state index in [2.05, 4.69) is 11.4 Å². The van der Waals surface area contributed by atoms with Gasteiger partial charge in [-0.15, -0.1) is 0 Å². The predicted molar refractivity (Wildman–Crippen MR) is 107 cm³/mol. The summed E-state index contributed by atoms with van der Waals surface area (Å²) < 4.78 is 27.6. The van der Waals surface area contributed by atoms with Crippen LogP contribution >= 0.6 is 0 Å². The van der Waals surface area contributed by atoms with Crippen LogP contribution in [0.3, 0.4) is 0 Å². The molecular weight excluding hydrogens is 360 g/mol. The molecule has 0 aromatic heterocycles. The van der Waals surface area contributed by atoms with Gasteiger partial charge in [-0.1, -0.05) is 30.6 Å². The summed E-state index contributed by atoms with van der Waals surface area (Å²) in [4.78, 5) is 12.9. The van der Waals surface area contributed by atoms with E-state index in [4.69, 9.17) is 0 Å². The second-order valence-corrected chi connectivity index (χ2v) is 9.52. The van der Waals surface area contributed by atoms with Gasteiger partial charge in [-0.05, 0) is 63.1 Å². The van der Waals surface area contributed by atoms with Crippen molar-refractivity contribution in [2.75, 3.05) is 19.6 Å². The van der Waals surface area contributed by atoms with Crippen LogP contribution in [0, 0.1) is 6.92 Å². The number of nitrogens with one attached hydrogen (secondary N) is 1. The van der Waals surface area contributed by atoms with Crippen LogP contribution in [0.4, 0.5) is 0 Å². The summed E-state index contributed by atoms with van der Waals surface area (Å²) in [7, 11) is -3.55. The third-order valence-electron chi connectivity index (χ3n) is 5.52. The average molecular weight is 391 g/mol. The first-order chi connectivity index (χ1) is 13.0. The lowest BCUT2D eigenvalue weighted by Crippen LogP contribution is -2.32. The highest BCUT2D eigenvalue weighted by Crippen LogP contribution is 2.23. The van der Waals surface area contributed by atoms with Crippen LogP contribution < -0.4 is 5.32 Å². The number of carbonyl (C=O) groups is 1. The lowest BCUT2D eigenvalue weighted by molar-refractivity contribution is 0.0955. The van der Waals surface area contributed by atoms with Crippen molar-refractivity contribution in [3.8, 4) is 0 Å². The van der Waals surface area contributed by atoms with Gasteiger partial charge in [-0.25, -0.2) is 8.42 Å². The largest absolute Gasteiger partial charge is 0.348 e. The molecule has 0 spiro atoms. The van der Waals surface area contributed by atoms with Crippen molar-refractivity contribution in [1.29, 1.82) is 0 Å². The Labute approximate surface area is 162 Å². The number of carbonyl (C=O) groups excluding carboxylic acids is 1. The van der Waals surface area contributed by atoms with Gasteiger partial charge in [0.25, 0.3) is 5.91 Å². The van der Waals surface area contributed by atoms with Gasteiger partial charge in [0, 0.05) is 25.2 Å². The zero-order valence-electron chi connectivity index (χ0n) is 16.2. The quantitative estimate of drug-likeness (QED) is 0.778. The Kier molecular flexibility index (Phi) is 6.71. The van der Waals surface area contributed by atoms with E-state index < -0.39 is 10.0 Å². The lowest BCUT2D eigenvalue weighted by atomic mass is 9.99. The van der Waals surface area contributed by atoms with Crippen molar-refractivity contribution in [2.24, 2.45) is 0 Å². The maximum Gasteiger partial charge on any atom is 0.251 e. The molecule has 5 nitrogen and oxygen atoms in total. The Bertz CT molecular complexity index is 807. The van der Waals surface area contributed by atoms with E-state index in [1.807, 2.05) is 6.92 Å². The zero-order valence-corrected chi connectivity index (χ0v) is 17.0. The molecule has 1 fully saturated rings. The number of rotatable bonds is 5. The Balaban J connectivity index is 1.76. The summed E-state index contributed by atoms with van der Waals surface area (Å²) in [5.74, 6) is -0.202. The lowest BCUT2D eigenvalue weighted by Gasteiger charge is -2.20. The molecule has 1 aliphatic carbocycles. The number of aryl methyl sites for hydroxylation is 1. The molecule has 3 rings (SSSR count). The van der Waals surface area contributed by atoms with Crippen LogP contribution in [0.15, 0.2) is 34.7 Å². The number of amides is 1. The molecule has 2 aliphatic rings. The number of sulfonamides is 1. The smallest absolute Gasteiger partial charge is 0.251 e. The van der Waals surface area contributed by atoms with E-state index >= 15 is 0 Å². The van der Waals surface area contributed by atoms with Gasteiger partial charge in [0.1, 0.15) is 0 Å². The van der Waals surface area contributed by atoms with Gasteiger partial charge in [0.2, 0.25) is 10.0 Å². The van der Waals surface area contributed by atoms with Crippen LogP contribution in [0.5, 0.6) is 0 Å². The first-order valence-corrected chi connectivity index (χ1v) is 11.5. The average Bonchev–Trinajstić information content (AvgIpc) is 2.97. The zero-order chi connectivity index (χ0) is 19.3. The van der Waals surface area contributed by atoms with E-state index in [9.17, 15) is 13.2 Å². The summed E-state index contributed by atoms with van der Waals surface area (Å²) in [6.07, 6.45) is 10.6. The van der Waals surface area contributed by atoms with Gasteiger partial charge in [0.05, 0.1) is 4.90 Å². The number of hydrogen-bond acceptors (Lipinski definition) is 3. The van der Waals surface area contributed by atoms with E-state index in [0.29, 0.717) is 25.2 Å². The Morgan fingerprint density at radius 1 is 1.07 bits per heavy atom. The number of benzene rings is 1. The van der Waals surface area contributed by atoms with E-state index in [0.717, 1.165) is 44.1 Å². The number of hydrogen-bond donors (Lipinski definition) is 1. The summed E-state index contributed by atoms with van der Waals surface area (Å²) >= 11 is 0. The van der Waals surface area contributed by atoms with Crippen molar-refractivity contribution in [2.45, 2.75) is 63.2 Å². The van der Waals surface area contributed by atoms with Crippen LogP contribution in [-0.2, 0) is 10.0 Å². The molecule has 1 aromatic carbocycles. The van der Waals surface area contributed by atoms with E-state index in [1.54, 1.807) is 22.5 Å². The van der Waals surface area contributed by atoms with Crippen molar-refractivity contribution >= 4 is 15.9 Å². The van der Waals surface area contributed by atoms with Gasteiger partial charge < -0.3 is 5.32 Å². The standard InChI is InChI=1S/C21H30N2O3S/c1-17-11-12-19(27(25,26)23-13-7-2-3-8-14-23)15-20(17)21(24)22-16-18-9-5-4-6-10-18/h9,11-12,15H,2-8,10,13-14,16H2,1H3,(H,22,24). The normalized spacial score (nSPS) is 19.2. The van der Waals surface area contributed by atoms with Crippen LogP contribution in [-0.4, -0.2) is 38.3 Å². The highest BCUT2D eigenvalue weighted by atomic mass is 32.2. The predicted octanol–water partition coefficient (Wildman–Crippen LogP) is 3.79. The molecule has 0 radical (unpaired) electrons. The highest BCUT2D eigenvalue weighted by molar-refractivity contribution is 7.89. The van der Waals surface area contributed by atoms with Crippen molar-refractivity contribution in [3.05, 3.63) is 41.0 Å². The molecule has 0 saturated carbocycles. The van der Waals surface area contributed by atoms with Crippen LogP contribution in [0.1, 0.15) is 67.3 Å². The maximum atomic E-state index is 13.0. The molecule has 0 atom stereocenters. The molecule has 0 bridgehead atoms. The van der Waals surface area contributed by atoms with Gasteiger partial charge in [-0.2, -0.15) is 4.31 Å². The summed E-state index contributed by atoms with van der Waals surface area (Å²) in [6, 6.07) is 4.90. The minimum atomic E-state index is -3.55. The fourth-order valence-corrected chi connectivity index (χ4v) is 5.34. The Hall–Kier alpha value is -1.66.